The molecule has 1 aliphatic heterocycles. The number of nitrogens with zero attached hydrogens (tertiary/aromatic N) is 2. The van der Waals surface area contributed by atoms with E-state index >= 15 is 4.39 Å². The standard InChI is InChI=1S/C13H19FN3O13P3/c14-13-8(17-4-3-7(15)16-11(17)19)9(13)28-12(10(13)18,6-1-2-6)5-27-32(23,24)30-33(25,26)29-31(20,21)22/h3-4,6,8-10,18H,1-2,5H2,(H,23,24)(H,25,26)(H2,15,16,19)(H2,20,21,22). The molecule has 7 N–H and O–H groups in total. The molecule has 1 aromatic heterocycles. The van der Waals surface area contributed by atoms with E-state index in [1.54, 1.807) is 0 Å². The molecule has 2 aliphatic carbocycles. The number of phosphoric ester groups is 1. The molecular weight excluding hydrogens is 518 g/mol. The Bertz CT molecular complexity index is 1170. The SMILES string of the molecule is Nc1ccn(C2C3OC(COP(=O)(O)OP(=O)(O)OP(=O)(O)O)(C4CC4)C(O)C32F)c(=O)n1. The van der Waals surface area contributed by atoms with Crippen LogP contribution < -0.4 is 11.4 Å². The number of nitrogen functional groups attached to an aromatic ring is 1. The van der Waals surface area contributed by atoms with Crippen molar-refractivity contribution in [1.29, 1.82) is 0 Å². The Morgan fingerprint density at radius 3 is 2.33 bits per heavy atom. The van der Waals surface area contributed by atoms with E-state index in [9.17, 15) is 33.4 Å². The number of fused-ring (bicyclic) bond motifs is 1. The highest BCUT2D eigenvalue weighted by Gasteiger charge is 2.84. The molecule has 1 aromatic rings. The molecule has 186 valence electrons. The Hall–Kier alpha value is -1.06. The van der Waals surface area contributed by atoms with Gasteiger partial charge in [-0.05, 0) is 24.8 Å². The molecule has 0 radical (unpaired) electrons. The number of anilines is 1. The summed E-state index contributed by atoms with van der Waals surface area (Å²) in [6, 6.07) is -0.0132. The lowest BCUT2D eigenvalue weighted by atomic mass is 9.88. The number of phosphoric acid groups is 3. The molecule has 7 unspecified atom stereocenters. The minimum atomic E-state index is -5.75. The Balaban J connectivity index is 1.50. The molecule has 2 saturated carbocycles. The first-order valence-electron chi connectivity index (χ1n) is 9.19. The summed E-state index contributed by atoms with van der Waals surface area (Å²) in [6.07, 6.45) is -1.28. The molecule has 3 fully saturated rings. The molecule has 0 aromatic carbocycles. The third-order valence-electron chi connectivity index (χ3n) is 5.58. The zero-order valence-electron chi connectivity index (χ0n) is 16.3. The number of ether oxygens (including phenoxy) is 1. The van der Waals surface area contributed by atoms with Crippen LogP contribution in [-0.4, -0.2) is 64.3 Å². The van der Waals surface area contributed by atoms with Crippen molar-refractivity contribution >= 4 is 29.3 Å². The number of hydrogen-bond acceptors (Lipinski definition) is 11. The van der Waals surface area contributed by atoms with Gasteiger partial charge in [-0.2, -0.15) is 13.6 Å². The summed E-state index contributed by atoms with van der Waals surface area (Å²) in [5, 5.41) is 10.8. The maximum absolute atomic E-state index is 15.7. The number of rotatable bonds is 9. The zero-order chi connectivity index (χ0) is 24.6. The molecule has 4 rings (SSSR count). The van der Waals surface area contributed by atoms with Crippen LogP contribution in [-0.2, 0) is 31.6 Å². The molecule has 7 atom stereocenters. The molecule has 1 saturated heterocycles. The monoisotopic (exact) mass is 537 g/mol. The first-order chi connectivity index (χ1) is 15.0. The van der Waals surface area contributed by atoms with Gasteiger partial charge in [0.05, 0.1) is 6.61 Å². The summed E-state index contributed by atoms with van der Waals surface area (Å²) in [7, 11) is -16.9. The van der Waals surface area contributed by atoms with Gasteiger partial charge in [0.15, 0.2) is 5.67 Å². The molecular formula is C13H19FN3O13P3. The molecule has 3 aliphatic rings. The lowest BCUT2D eigenvalue weighted by Gasteiger charge is -2.36. The second-order valence-corrected chi connectivity index (χ2v) is 12.3. The van der Waals surface area contributed by atoms with Crippen molar-refractivity contribution in [3.63, 3.8) is 0 Å². The second-order valence-electron chi connectivity index (χ2n) is 7.85. The van der Waals surface area contributed by atoms with Crippen molar-refractivity contribution in [2.75, 3.05) is 12.3 Å². The van der Waals surface area contributed by atoms with Gasteiger partial charge in [0.25, 0.3) is 0 Å². The highest BCUT2D eigenvalue weighted by Crippen LogP contribution is 2.70. The Labute approximate surface area is 183 Å². The summed E-state index contributed by atoms with van der Waals surface area (Å²) in [5.74, 6) is -0.623. The van der Waals surface area contributed by atoms with Gasteiger partial charge in [-0.1, -0.05) is 0 Å². The van der Waals surface area contributed by atoms with Gasteiger partial charge < -0.3 is 35.2 Å². The Kier molecular flexibility index (Phi) is 5.86. The smallest absolute Gasteiger partial charge is 0.386 e. The van der Waals surface area contributed by atoms with Crippen molar-refractivity contribution in [2.24, 2.45) is 5.92 Å². The lowest BCUT2D eigenvalue weighted by Crippen LogP contribution is -2.52. The van der Waals surface area contributed by atoms with Gasteiger partial charge in [0, 0.05) is 6.20 Å². The summed E-state index contributed by atoms with van der Waals surface area (Å²) >= 11 is 0. The number of halogens is 1. The van der Waals surface area contributed by atoms with E-state index < -0.39 is 71.2 Å². The van der Waals surface area contributed by atoms with Crippen LogP contribution in [0.1, 0.15) is 18.9 Å². The molecule has 0 bridgehead atoms. The van der Waals surface area contributed by atoms with Crippen molar-refractivity contribution in [1.82, 2.24) is 9.55 Å². The third kappa shape index (κ3) is 4.61. The van der Waals surface area contributed by atoms with Crippen molar-refractivity contribution in [3.8, 4) is 0 Å². The number of hydrogen-bond donors (Lipinski definition) is 6. The average molecular weight is 537 g/mol. The minimum Gasteiger partial charge on any atom is -0.386 e. The maximum Gasteiger partial charge on any atom is 0.490 e. The fourth-order valence-electron chi connectivity index (χ4n) is 4.08. The van der Waals surface area contributed by atoms with Gasteiger partial charge in [-0.3, -0.25) is 9.09 Å². The molecule has 20 heteroatoms. The van der Waals surface area contributed by atoms with Crippen LogP contribution in [0.25, 0.3) is 0 Å². The van der Waals surface area contributed by atoms with E-state index in [0.717, 1.165) is 4.57 Å². The molecule has 0 amide bonds. The van der Waals surface area contributed by atoms with Crippen LogP contribution >= 0.6 is 23.5 Å². The second kappa shape index (κ2) is 7.72. The number of alkyl halides is 1. The van der Waals surface area contributed by atoms with Gasteiger partial charge in [0.1, 0.15) is 29.7 Å². The van der Waals surface area contributed by atoms with Gasteiger partial charge in [-0.15, -0.1) is 0 Å². The zero-order valence-corrected chi connectivity index (χ0v) is 19.0. The Morgan fingerprint density at radius 2 is 1.85 bits per heavy atom. The minimum absolute atomic E-state index is 0.0974. The number of nitrogens with two attached hydrogens (primary N) is 1. The predicted molar refractivity (Wildman–Crippen MR) is 102 cm³/mol. The van der Waals surface area contributed by atoms with Crippen LogP contribution in [0.2, 0.25) is 0 Å². The number of aliphatic hydroxyl groups excluding tert-OH is 1. The van der Waals surface area contributed by atoms with Gasteiger partial charge in [0.2, 0.25) is 0 Å². The summed E-state index contributed by atoms with van der Waals surface area (Å²) in [6.45, 7) is -0.994. The fourth-order valence-corrected chi connectivity index (χ4v) is 7.14. The van der Waals surface area contributed by atoms with E-state index in [4.69, 9.17) is 20.3 Å². The molecule has 16 nitrogen and oxygen atoms in total. The largest absolute Gasteiger partial charge is 0.490 e. The normalized spacial score (nSPS) is 37.2. The van der Waals surface area contributed by atoms with E-state index in [1.807, 2.05) is 0 Å². The van der Waals surface area contributed by atoms with E-state index in [2.05, 4.69) is 18.1 Å². The number of aromatic nitrogens is 2. The predicted octanol–water partition coefficient (Wildman–Crippen LogP) is -0.660. The number of aliphatic hydroxyl groups is 1. The maximum atomic E-state index is 15.7. The topological polar surface area (TPSA) is 250 Å². The average Bonchev–Trinajstić information content (AvgIpc) is 3.52. The van der Waals surface area contributed by atoms with Crippen LogP contribution in [0, 0.1) is 5.92 Å². The van der Waals surface area contributed by atoms with Crippen molar-refractivity contribution < 1.29 is 60.6 Å². The van der Waals surface area contributed by atoms with E-state index in [-0.39, 0.29) is 5.82 Å². The molecule has 2 heterocycles. The van der Waals surface area contributed by atoms with Crippen LogP contribution in [0.4, 0.5) is 10.2 Å². The van der Waals surface area contributed by atoms with Gasteiger partial charge in [-0.25, -0.2) is 22.9 Å². The highest BCUT2D eigenvalue weighted by molar-refractivity contribution is 7.66. The molecule has 33 heavy (non-hydrogen) atoms. The lowest BCUT2D eigenvalue weighted by molar-refractivity contribution is -0.141. The van der Waals surface area contributed by atoms with Crippen LogP contribution in [0.3, 0.4) is 0 Å². The van der Waals surface area contributed by atoms with Crippen LogP contribution in [0.15, 0.2) is 17.1 Å². The first-order valence-corrected chi connectivity index (χ1v) is 13.7. The quantitative estimate of drug-likeness (QED) is 0.214. The highest BCUT2D eigenvalue weighted by atomic mass is 31.3. The van der Waals surface area contributed by atoms with Crippen LogP contribution in [0.5, 0.6) is 0 Å². The van der Waals surface area contributed by atoms with Crippen molar-refractivity contribution in [3.05, 3.63) is 22.7 Å². The fraction of sp³-hybridized carbons (Fsp3) is 0.692. The first kappa shape index (κ1) is 25.0. The Morgan fingerprint density at radius 1 is 1.21 bits per heavy atom. The summed E-state index contributed by atoms with van der Waals surface area (Å²) in [5.41, 5.74) is 0.172. The van der Waals surface area contributed by atoms with Gasteiger partial charge >= 0.3 is 29.2 Å². The van der Waals surface area contributed by atoms with E-state index in [1.165, 1.54) is 12.3 Å². The van der Waals surface area contributed by atoms with E-state index in [0.29, 0.717) is 12.8 Å². The summed E-state index contributed by atoms with van der Waals surface area (Å²) in [4.78, 5) is 51.6. The molecule has 0 spiro atoms. The summed E-state index contributed by atoms with van der Waals surface area (Å²) < 4.78 is 68.3. The third-order valence-corrected chi connectivity index (χ3v) is 9.37. The van der Waals surface area contributed by atoms with Crippen molar-refractivity contribution in [2.45, 2.75) is 42.4 Å².